The van der Waals surface area contributed by atoms with E-state index in [2.05, 4.69) is 15.4 Å². The van der Waals surface area contributed by atoms with Crippen LogP contribution in [0.4, 0.5) is 0 Å². The lowest BCUT2D eigenvalue weighted by atomic mass is 10.0. The molecule has 18 heavy (non-hydrogen) atoms. The number of aromatic nitrogens is 3. The molecule has 0 saturated heterocycles. The second-order valence-electron chi connectivity index (χ2n) is 4.82. The molecule has 6 nitrogen and oxygen atoms in total. The number of nitrogens with zero attached hydrogens (tertiary/aromatic N) is 3. The quantitative estimate of drug-likeness (QED) is 0.771. The van der Waals surface area contributed by atoms with E-state index in [1.165, 1.54) is 11.0 Å². The molecule has 1 aromatic heterocycles. The Morgan fingerprint density at radius 3 is 2.72 bits per heavy atom. The molecule has 1 rings (SSSR count). The summed E-state index contributed by atoms with van der Waals surface area (Å²) in [6.07, 6.45) is 2.30. The van der Waals surface area contributed by atoms with Crippen LogP contribution >= 0.6 is 12.2 Å². The fourth-order valence-electron chi connectivity index (χ4n) is 1.22. The second kappa shape index (κ2) is 5.43. The molecule has 1 amide bonds. The summed E-state index contributed by atoms with van der Waals surface area (Å²) in [6, 6.07) is -0.452. The Labute approximate surface area is 112 Å². The van der Waals surface area contributed by atoms with Crippen molar-refractivity contribution in [2.45, 2.75) is 45.7 Å². The van der Waals surface area contributed by atoms with E-state index in [9.17, 15) is 4.79 Å². The van der Waals surface area contributed by atoms with Gasteiger partial charge in [0, 0.05) is 5.54 Å². The summed E-state index contributed by atoms with van der Waals surface area (Å²) in [4.78, 5) is 16.1. The van der Waals surface area contributed by atoms with Crippen LogP contribution in [0.1, 0.15) is 46.0 Å². The van der Waals surface area contributed by atoms with Crippen LogP contribution in [0, 0.1) is 0 Å². The molecule has 0 bridgehead atoms. The Balaban J connectivity index is 2.77. The van der Waals surface area contributed by atoms with Gasteiger partial charge in [-0.2, -0.15) is 0 Å². The van der Waals surface area contributed by atoms with Crippen LogP contribution in [0.25, 0.3) is 0 Å². The molecule has 1 aromatic rings. The predicted octanol–water partition coefficient (Wildman–Crippen LogP) is 0.778. The van der Waals surface area contributed by atoms with E-state index in [-0.39, 0.29) is 22.3 Å². The molecule has 0 fully saturated rings. The Bertz CT molecular complexity index is 454. The molecule has 0 aromatic carbocycles. The van der Waals surface area contributed by atoms with Gasteiger partial charge in [0.05, 0.1) is 0 Å². The predicted molar refractivity (Wildman–Crippen MR) is 73.1 cm³/mol. The van der Waals surface area contributed by atoms with Gasteiger partial charge in [-0.25, -0.2) is 9.67 Å². The number of hydrogen-bond acceptors (Lipinski definition) is 4. The Morgan fingerprint density at radius 2 is 2.28 bits per heavy atom. The minimum atomic E-state index is -0.452. The first-order valence-corrected chi connectivity index (χ1v) is 6.20. The summed E-state index contributed by atoms with van der Waals surface area (Å²) in [5.41, 5.74) is 5.18. The SMILES string of the molecule is CCC(C)(C)NC(=O)C(C)n1cnc(C(N)=S)n1. The van der Waals surface area contributed by atoms with Crippen molar-refractivity contribution in [3.8, 4) is 0 Å². The Morgan fingerprint density at radius 1 is 1.67 bits per heavy atom. The molecule has 1 heterocycles. The van der Waals surface area contributed by atoms with E-state index < -0.39 is 6.04 Å². The monoisotopic (exact) mass is 269 g/mol. The molecule has 0 spiro atoms. The van der Waals surface area contributed by atoms with Crippen molar-refractivity contribution in [1.29, 1.82) is 0 Å². The number of carbonyl (C=O) groups excluding carboxylic acids is 1. The fraction of sp³-hybridized carbons (Fsp3) is 0.636. The molecule has 0 aliphatic heterocycles. The lowest BCUT2D eigenvalue weighted by Gasteiger charge is -2.26. The zero-order valence-electron chi connectivity index (χ0n) is 11.1. The normalized spacial score (nSPS) is 13.1. The first kappa shape index (κ1) is 14.6. The van der Waals surface area contributed by atoms with Crippen LogP contribution in [0.15, 0.2) is 6.33 Å². The van der Waals surface area contributed by atoms with Crippen LogP contribution in [-0.2, 0) is 4.79 Å². The van der Waals surface area contributed by atoms with Crippen LogP contribution < -0.4 is 11.1 Å². The molecule has 0 radical (unpaired) electrons. The Hall–Kier alpha value is -1.50. The van der Waals surface area contributed by atoms with Gasteiger partial charge in [-0.1, -0.05) is 19.1 Å². The molecular formula is C11H19N5OS. The van der Waals surface area contributed by atoms with Crippen molar-refractivity contribution in [1.82, 2.24) is 20.1 Å². The number of amides is 1. The summed E-state index contributed by atoms with van der Waals surface area (Å²) in [6.45, 7) is 7.71. The van der Waals surface area contributed by atoms with Gasteiger partial charge in [-0.15, -0.1) is 5.10 Å². The van der Waals surface area contributed by atoms with Gasteiger partial charge >= 0.3 is 0 Å². The molecule has 0 saturated carbocycles. The number of thiocarbonyl (C=S) groups is 1. The summed E-state index contributed by atoms with van der Waals surface area (Å²) < 4.78 is 1.45. The van der Waals surface area contributed by atoms with Gasteiger partial charge in [0.15, 0.2) is 0 Å². The summed E-state index contributed by atoms with van der Waals surface area (Å²) in [7, 11) is 0. The molecule has 100 valence electrons. The zero-order valence-corrected chi connectivity index (χ0v) is 11.9. The molecule has 1 atom stereocenters. The molecule has 1 unspecified atom stereocenters. The van der Waals surface area contributed by atoms with Gasteiger partial charge in [0.25, 0.3) is 0 Å². The van der Waals surface area contributed by atoms with Crippen LogP contribution in [0.5, 0.6) is 0 Å². The fourth-order valence-corrected chi connectivity index (χ4v) is 1.31. The van der Waals surface area contributed by atoms with E-state index in [0.29, 0.717) is 0 Å². The summed E-state index contributed by atoms with van der Waals surface area (Å²) >= 11 is 4.77. The average molecular weight is 269 g/mol. The average Bonchev–Trinajstić information content (AvgIpc) is 2.76. The molecule has 0 aliphatic carbocycles. The third-order valence-electron chi connectivity index (χ3n) is 2.85. The highest BCUT2D eigenvalue weighted by Gasteiger charge is 2.23. The molecule has 7 heteroatoms. The number of rotatable bonds is 5. The first-order valence-electron chi connectivity index (χ1n) is 5.80. The zero-order chi connectivity index (χ0) is 13.9. The van der Waals surface area contributed by atoms with Gasteiger partial charge in [-0.3, -0.25) is 4.79 Å². The first-order chi connectivity index (χ1) is 8.26. The summed E-state index contributed by atoms with van der Waals surface area (Å²) in [5, 5.41) is 7.02. The maximum absolute atomic E-state index is 12.0. The number of carbonyl (C=O) groups is 1. The maximum atomic E-state index is 12.0. The minimum absolute atomic E-state index is 0.110. The largest absolute Gasteiger partial charge is 0.387 e. The molecule has 0 aliphatic rings. The third kappa shape index (κ3) is 3.49. The maximum Gasteiger partial charge on any atom is 0.245 e. The van der Waals surface area contributed by atoms with Gasteiger partial charge in [0.1, 0.15) is 17.4 Å². The molecular weight excluding hydrogens is 250 g/mol. The topological polar surface area (TPSA) is 85.8 Å². The van der Waals surface area contributed by atoms with E-state index in [4.69, 9.17) is 18.0 Å². The number of hydrogen-bond donors (Lipinski definition) is 2. The lowest BCUT2D eigenvalue weighted by molar-refractivity contribution is -0.125. The highest BCUT2D eigenvalue weighted by molar-refractivity contribution is 7.80. The van der Waals surface area contributed by atoms with E-state index in [0.717, 1.165) is 6.42 Å². The van der Waals surface area contributed by atoms with E-state index in [1.807, 2.05) is 20.8 Å². The van der Waals surface area contributed by atoms with Crippen molar-refractivity contribution in [3.63, 3.8) is 0 Å². The highest BCUT2D eigenvalue weighted by atomic mass is 32.1. The Kier molecular flexibility index (Phi) is 4.39. The van der Waals surface area contributed by atoms with Crippen molar-refractivity contribution < 1.29 is 4.79 Å². The number of nitrogens with one attached hydrogen (secondary N) is 1. The number of nitrogens with two attached hydrogens (primary N) is 1. The standard InChI is InChI=1S/C11H19N5OS/c1-5-11(3,4)14-10(17)7(2)16-6-13-9(15-16)8(12)18/h6-7H,5H2,1-4H3,(H2,12,18)(H,14,17). The van der Waals surface area contributed by atoms with Crippen LogP contribution in [-0.4, -0.2) is 31.2 Å². The minimum Gasteiger partial charge on any atom is -0.387 e. The van der Waals surface area contributed by atoms with Crippen molar-refractivity contribution in [3.05, 3.63) is 12.2 Å². The lowest BCUT2D eigenvalue weighted by Crippen LogP contribution is -2.45. The second-order valence-corrected chi connectivity index (χ2v) is 5.25. The van der Waals surface area contributed by atoms with Crippen molar-refractivity contribution >= 4 is 23.1 Å². The van der Waals surface area contributed by atoms with Gasteiger partial charge < -0.3 is 11.1 Å². The highest BCUT2D eigenvalue weighted by Crippen LogP contribution is 2.11. The van der Waals surface area contributed by atoms with Crippen LogP contribution in [0.2, 0.25) is 0 Å². The van der Waals surface area contributed by atoms with Crippen LogP contribution in [0.3, 0.4) is 0 Å². The smallest absolute Gasteiger partial charge is 0.245 e. The molecule has 3 N–H and O–H groups in total. The van der Waals surface area contributed by atoms with Gasteiger partial charge in [-0.05, 0) is 27.2 Å². The summed E-state index contributed by atoms with van der Waals surface area (Å²) in [5.74, 6) is 0.167. The van der Waals surface area contributed by atoms with E-state index in [1.54, 1.807) is 6.92 Å². The van der Waals surface area contributed by atoms with Crippen molar-refractivity contribution in [2.75, 3.05) is 0 Å². The third-order valence-corrected chi connectivity index (χ3v) is 3.03. The van der Waals surface area contributed by atoms with E-state index >= 15 is 0 Å². The van der Waals surface area contributed by atoms with Gasteiger partial charge in [0.2, 0.25) is 11.7 Å². The van der Waals surface area contributed by atoms with Crippen molar-refractivity contribution in [2.24, 2.45) is 5.73 Å².